The van der Waals surface area contributed by atoms with Crippen LogP contribution in [0.1, 0.15) is 31.1 Å². The number of nitrogens with one attached hydrogen (secondary N) is 1. The summed E-state index contributed by atoms with van der Waals surface area (Å²) in [6, 6.07) is 2.77. The number of halogens is 1. The average Bonchev–Trinajstić information content (AvgIpc) is 2.64. The maximum Gasteiger partial charge on any atom is 0.343 e. The molecule has 0 radical (unpaired) electrons. The number of aliphatic hydroxyl groups excluding tert-OH is 1. The van der Waals surface area contributed by atoms with Crippen molar-refractivity contribution in [3.05, 3.63) is 33.9 Å². The van der Waals surface area contributed by atoms with Crippen LogP contribution in [0.3, 0.4) is 0 Å². The Hall–Kier alpha value is -2.06. The number of hydrogen-bond donors (Lipinski definition) is 2. The molecule has 0 heterocycles. The first-order chi connectivity index (χ1) is 12.8. The van der Waals surface area contributed by atoms with Crippen molar-refractivity contribution in [3.63, 3.8) is 0 Å². The number of ether oxygens (including phenoxy) is 3. The van der Waals surface area contributed by atoms with Gasteiger partial charge >= 0.3 is 5.97 Å². The van der Waals surface area contributed by atoms with Gasteiger partial charge in [-0.3, -0.25) is 4.79 Å². The molecule has 0 amide bonds. The standard InChI is InChI=1S/C19H26BrNO6/c1-6-27-19(24)13(9-21-15(10-22)11(2)3)18(23)12-7-14(20)17(26-5)8-16(12)25-4/h7-9,11,15,21-22H,6,10H2,1-5H3/b13-9+/t15-/m1/s1. The van der Waals surface area contributed by atoms with E-state index in [-0.39, 0.29) is 42.1 Å². The molecule has 0 unspecified atom stereocenters. The zero-order valence-electron chi connectivity index (χ0n) is 16.2. The molecular weight excluding hydrogens is 418 g/mol. The number of benzene rings is 1. The van der Waals surface area contributed by atoms with Crippen molar-refractivity contribution in [2.75, 3.05) is 27.4 Å². The Kier molecular flexibility index (Phi) is 9.31. The predicted octanol–water partition coefficient (Wildman–Crippen LogP) is 2.70. The molecule has 1 aromatic rings. The first kappa shape index (κ1) is 23.0. The number of esters is 1. The van der Waals surface area contributed by atoms with Gasteiger partial charge < -0.3 is 24.6 Å². The van der Waals surface area contributed by atoms with Crippen LogP contribution in [0.25, 0.3) is 0 Å². The maximum atomic E-state index is 13.1. The Morgan fingerprint density at radius 3 is 2.33 bits per heavy atom. The molecule has 0 saturated heterocycles. The molecule has 1 aromatic carbocycles. The van der Waals surface area contributed by atoms with E-state index in [2.05, 4.69) is 21.2 Å². The number of aliphatic hydroxyl groups is 1. The van der Waals surface area contributed by atoms with Crippen LogP contribution in [0, 0.1) is 5.92 Å². The normalized spacial score (nSPS) is 12.5. The van der Waals surface area contributed by atoms with E-state index in [1.54, 1.807) is 13.0 Å². The summed E-state index contributed by atoms with van der Waals surface area (Å²) in [5.74, 6) is -0.485. The summed E-state index contributed by atoms with van der Waals surface area (Å²) < 4.78 is 16.0. The van der Waals surface area contributed by atoms with E-state index in [9.17, 15) is 14.7 Å². The minimum atomic E-state index is -0.760. The number of carbonyl (C=O) groups excluding carboxylic acids is 2. The number of methoxy groups -OCH3 is 2. The lowest BCUT2D eigenvalue weighted by molar-refractivity contribution is -0.138. The second-order valence-corrected chi connectivity index (χ2v) is 6.85. The fourth-order valence-corrected chi connectivity index (χ4v) is 2.76. The van der Waals surface area contributed by atoms with Crippen LogP contribution in [-0.4, -0.2) is 50.3 Å². The molecule has 8 heteroatoms. The SMILES string of the molecule is CCOC(=O)/C(=C/N[C@H](CO)C(C)C)C(=O)c1cc(Br)c(OC)cc1OC. The van der Waals surface area contributed by atoms with Crippen molar-refractivity contribution in [2.24, 2.45) is 5.92 Å². The Morgan fingerprint density at radius 2 is 1.85 bits per heavy atom. The van der Waals surface area contributed by atoms with Gasteiger partial charge in [0.1, 0.15) is 17.1 Å². The quantitative estimate of drug-likeness (QED) is 0.188. The van der Waals surface area contributed by atoms with E-state index in [1.165, 1.54) is 26.5 Å². The molecule has 0 spiro atoms. The van der Waals surface area contributed by atoms with Gasteiger partial charge in [-0.2, -0.15) is 0 Å². The number of ketones is 1. The molecule has 0 aromatic heterocycles. The molecule has 150 valence electrons. The highest BCUT2D eigenvalue weighted by Crippen LogP contribution is 2.34. The summed E-state index contributed by atoms with van der Waals surface area (Å²) >= 11 is 3.33. The minimum absolute atomic E-state index is 0.0921. The van der Waals surface area contributed by atoms with Gasteiger partial charge in [0, 0.05) is 12.3 Å². The highest BCUT2D eigenvalue weighted by molar-refractivity contribution is 9.10. The van der Waals surface area contributed by atoms with Crippen LogP contribution in [-0.2, 0) is 9.53 Å². The maximum absolute atomic E-state index is 13.1. The lowest BCUT2D eigenvalue weighted by Crippen LogP contribution is -2.34. The predicted molar refractivity (Wildman–Crippen MR) is 105 cm³/mol. The fraction of sp³-hybridized carbons (Fsp3) is 0.474. The van der Waals surface area contributed by atoms with Gasteiger partial charge in [0.05, 0.1) is 43.5 Å². The molecule has 0 aliphatic heterocycles. The van der Waals surface area contributed by atoms with E-state index in [1.807, 2.05) is 13.8 Å². The molecule has 0 aliphatic carbocycles. The molecule has 1 rings (SSSR count). The molecule has 7 nitrogen and oxygen atoms in total. The third-order valence-corrected chi connectivity index (χ3v) is 4.52. The molecular formula is C19H26BrNO6. The molecule has 1 atom stereocenters. The third kappa shape index (κ3) is 5.97. The monoisotopic (exact) mass is 443 g/mol. The van der Waals surface area contributed by atoms with Gasteiger partial charge in [-0.25, -0.2) is 4.79 Å². The molecule has 0 fully saturated rings. The molecule has 0 bridgehead atoms. The number of Topliss-reactive ketones (excluding diaryl/α,β-unsaturated/α-hetero) is 1. The minimum Gasteiger partial charge on any atom is -0.496 e. The lowest BCUT2D eigenvalue weighted by atomic mass is 10.0. The van der Waals surface area contributed by atoms with Crippen LogP contribution in [0.15, 0.2) is 28.4 Å². The Balaban J connectivity index is 3.36. The molecule has 2 N–H and O–H groups in total. The largest absolute Gasteiger partial charge is 0.496 e. The van der Waals surface area contributed by atoms with E-state index in [0.29, 0.717) is 10.2 Å². The molecule has 0 aliphatic rings. The third-order valence-electron chi connectivity index (χ3n) is 3.90. The lowest BCUT2D eigenvalue weighted by Gasteiger charge is -2.19. The summed E-state index contributed by atoms with van der Waals surface area (Å²) in [5.41, 5.74) is -0.0114. The molecule has 27 heavy (non-hydrogen) atoms. The van der Waals surface area contributed by atoms with E-state index in [4.69, 9.17) is 14.2 Å². The van der Waals surface area contributed by atoms with E-state index in [0.717, 1.165) is 0 Å². The summed E-state index contributed by atoms with van der Waals surface area (Å²) in [6.45, 7) is 5.47. The van der Waals surface area contributed by atoms with Gasteiger partial charge in [0.15, 0.2) is 0 Å². The topological polar surface area (TPSA) is 94.1 Å². The van der Waals surface area contributed by atoms with Crippen molar-refractivity contribution >= 4 is 27.7 Å². The Labute approximate surface area is 167 Å². The van der Waals surface area contributed by atoms with E-state index >= 15 is 0 Å². The average molecular weight is 444 g/mol. The zero-order valence-corrected chi connectivity index (χ0v) is 17.8. The van der Waals surface area contributed by atoms with E-state index < -0.39 is 11.8 Å². The van der Waals surface area contributed by atoms with Crippen LogP contribution in [0.4, 0.5) is 0 Å². The smallest absolute Gasteiger partial charge is 0.343 e. The first-order valence-corrected chi connectivity index (χ1v) is 9.30. The van der Waals surface area contributed by atoms with Crippen molar-refractivity contribution in [1.29, 1.82) is 0 Å². The molecule has 0 saturated carbocycles. The summed E-state index contributed by atoms with van der Waals surface area (Å²) in [6.07, 6.45) is 1.29. The zero-order chi connectivity index (χ0) is 20.6. The van der Waals surface area contributed by atoms with Crippen LogP contribution in [0.2, 0.25) is 0 Å². The van der Waals surface area contributed by atoms with Gasteiger partial charge in [-0.15, -0.1) is 0 Å². The fourth-order valence-electron chi connectivity index (χ4n) is 2.25. The first-order valence-electron chi connectivity index (χ1n) is 8.51. The number of rotatable bonds is 10. The van der Waals surface area contributed by atoms with Gasteiger partial charge in [0.2, 0.25) is 5.78 Å². The summed E-state index contributed by atoms with van der Waals surface area (Å²) in [5, 5.41) is 12.4. The van der Waals surface area contributed by atoms with Crippen molar-refractivity contribution in [1.82, 2.24) is 5.32 Å². The number of hydrogen-bond acceptors (Lipinski definition) is 7. The summed E-state index contributed by atoms with van der Waals surface area (Å²) in [4.78, 5) is 25.4. The Morgan fingerprint density at radius 1 is 1.22 bits per heavy atom. The second kappa shape index (κ2) is 10.9. The van der Waals surface area contributed by atoms with Gasteiger partial charge in [-0.1, -0.05) is 13.8 Å². The Bertz CT molecular complexity index is 702. The van der Waals surface area contributed by atoms with Crippen LogP contribution >= 0.6 is 15.9 Å². The van der Waals surface area contributed by atoms with Crippen molar-refractivity contribution in [3.8, 4) is 11.5 Å². The van der Waals surface area contributed by atoms with Crippen molar-refractivity contribution < 1.29 is 28.9 Å². The van der Waals surface area contributed by atoms with Gasteiger partial charge in [0.25, 0.3) is 0 Å². The van der Waals surface area contributed by atoms with Crippen LogP contribution in [0.5, 0.6) is 11.5 Å². The summed E-state index contributed by atoms with van der Waals surface area (Å²) in [7, 11) is 2.92. The highest BCUT2D eigenvalue weighted by atomic mass is 79.9. The second-order valence-electron chi connectivity index (χ2n) is 5.99. The van der Waals surface area contributed by atoms with Gasteiger partial charge in [-0.05, 0) is 34.8 Å². The van der Waals surface area contributed by atoms with Crippen LogP contribution < -0.4 is 14.8 Å². The highest BCUT2D eigenvalue weighted by Gasteiger charge is 2.26. The van der Waals surface area contributed by atoms with Crippen molar-refractivity contribution in [2.45, 2.75) is 26.8 Å². The number of carbonyl (C=O) groups is 2.